The Hall–Kier alpha value is 0.310. The smallest absolute Gasteiger partial charge is 0.0158 e. The van der Waals surface area contributed by atoms with E-state index in [0.717, 1.165) is 12.0 Å². The van der Waals surface area contributed by atoms with Crippen LogP contribution in [-0.4, -0.2) is 24.1 Å². The van der Waals surface area contributed by atoms with Crippen LogP contribution in [-0.2, 0) is 0 Å². The predicted molar refractivity (Wildman–Crippen MR) is 53.2 cm³/mol. The fourth-order valence-corrected chi connectivity index (χ4v) is 2.52. The highest BCUT2D eigenvalue weighted by atomic mass is 32.2. The van der Waals surface area contributed by atoms with Crippen LogP contribution in [0.25, 0.3) is 0 Å². The van der Waals surface area contributed by atoms with Gasteiger partial charge in [-0.25, -0.2) is 0 Å². The van der Waals surface area contributed by atoms with Crippen molar-refractivity contribution in [2.75, 3.05) is 18.1 Å². The van der Waals surface area contributed by atoms with Gasteiger partial charge in [0.25, 0.3) is 0 Å². The summed E-state index contributed by atoms with van der Waals surface area (Å²) in [6, 6.07) is 0.818. The maximum Gasteiger partial charge on any atom is 0.0158 e. The van der Waals surface area contributed by atoms with E-state index in [4.69, 9.17) is 0 Å². The van der Waals surface area contributed by atoms with Gasteiger partial charge in [0.15, 0.2) is 0 Å². The summed E-state index contributed by atoms with van der Waals surface area (Å²) < 4.78 is 0. The molecule has 0 aromatic rings. The first kappa shape index (κ1) is 9.40. The number of rotatable bonds is 4. The molecule has 1 aliphatic rings. The molecule has 0 spiro atoms. The van der Waals surface area contributed by atoms with E-state index in [1.807, 2.05) is 0 Å². The molecule has 1 rings (SSSR count). The third kappa shape index (κ3) is 4.02. The topological polar surface area (TPSA) is 12.0 Å². The maximum absolute atomic E-state index is 3.51. The van der Waals surface area contributed by atoms with Crippen LogP contribution in [0.2, 0.25) is 0 Å². The number of nitrogens with one attached hydrogen (secondary N) is 1. The van der Waals surface area contributed by atoms with Gasteiger partial charge in [-0.3, -0.25) is 0 Å². The second kappa shape index (κ2) is 5.04. The van der Waals surface area contributed by atoms with Gasteiger partial charge in [0.1, 0.15) is 0 Å². The second-order valence-corrected chi connectivity index (χ2v) is 4.80. The Morgan fingerprint density at radius 3 is 2.91 bits per heavy atom. The van der Waals surface area contributed by atoms with Gasteiger partial charge in [-0.2, -0.15) is 11.8 Å². The number of hydrogen-bond acceptors (Lipinski definition) is 2. The van der Waals surface area contributed by atoms with Gasteiger partial charge < -0.3 is 5.32 Å². The first-order valence-electron chi connectivity index (χ1n) is 4.60. The van der Waals surface area contributed by atoms with Crippen molar-refractivity contribution in [3.8, 4) is 0 Å². The average Bonchev–Trinajstić information content (AvgIpc) is 2.39. The quantitative estimate of drug-likeness (QED) is 0.699. The fourth-order valence-electron chi connectivity index (χ4n) is 1.34. The first-order valence-corrected chi connectivity index (χ1v) is 5.75. The van der Waals surface area contributed by atoms with E-state index in [1.54, 1.807) is 0 Å². The van der Waals surface area contributed by atoms with Crippen LogP contribution >= 0.6 is 11.8 Å². The number of hydrogen-bond donors (Lipinski definition) is 1. The van der Waals surface area contributed by atoms with E-state index < -0.39 is 0 Å². The summed E-state index contributed by atoms with van der Waals surface area (Å²) in [6.45, 7) is 5.82. The summed E-state index contributed by atoms with van der Waals surface area (Å²) in [5.74, 6) is 3.48. The highest BCUT2D eigenvalue weighted by Gasteiger charge is 2.13. The van der Waals surface area contributed by atoms with Crippen molar-refractivity contribution >= 4 is 11.8 Å². The minimum absolute atomic E-state index is 0.818. The molecule has 1 N–H and O–H groups in total. The Morgan fingerprint density at radius 1 is 1.55 bits per heavy atom. The fraction of sp³-hybridized carbons (Fsp3) is 1.00. The molecule has 0 aromatic carbocycles. The monoisotopic (exact) mass is 173 g/mol. The van der Waals surface area contributed by atoms with Crippen LogP contribution in [0.5, 0.6) is 0 Å². The molecule has 1 fully saturated rings. The van der Waals surface area contributed by atoms with Gasteiger partial charge in [0.05, 0.1) is 0 Å². The minimum atomic E-state index is 0.818. The highest BCUT2D eigenvalue weighted by molar-refractivity contribution is 7.99. The Balaban J connectivity index is 1.94. The zero-order chi connectivity index (χ0) is 8.10. The summed E-state index contributed by atoms with van der Waals surface area (Å²) in [7, 11) is 0. The Morgan fingerprint density at radius 2 is 2.36 bits per heavy atom. The lowest BCUT2D eigenvalue weighted by atomic mass is 10.3. The van der Waals surface area contributed by atoms with Crippen molar-refractivity contribution in [2.45, 2.75) is 32.7 Å². The van der Waals surface area contributed by atoms with E-state index in [0.29, 0.717) is 0 Å². The Labute approximate surface area is 74.3 Å². The summed E-state index contributed by atoms with van der Waals surface area (Å²) in [5.41, 5.74) is 0. The summed E-state index contributed by atoms with van der Waals surface area (Å²) in [5, 5.41) is 3.51. The minimum Gasteiger partial charge on any atom is -0.313 e. The van der Waals surface area contributed by atoms with Gasteiger partial charge in [0.2, 0.25) is 0 Å². The second-order valence-electron chi connectivity index (χ2n) is 3.72. The Bertz CT molecular complexity index is 97.7. The SMILES string of the molecule is CC(C)CSCC1CCCN1. The van der Waals surface area contributed by atoms with Crippen LogP contribution in [0.15, 0.2) is 0 Å². The molecule has 66 valence electrons. The molecule has 2 heteroatoms. The van der Waals surface area contributed by atoms with Gasteiger partial charge >= 0.3 is 0 Å². The molecule has 11 heavy (non-hydrogen) atoms. The molecule has 1 heterocycles. The van der Waals surface area contributed by atoms with Crippen LogP contribution in [0.3, 0.4) is 0 Å². The van der Waals surface area contributed by atoms with Crippen molar-refractivity contribution < 1.29 is 0 Å². The molecule has 1 atom stereocenters. The average molecular weight is 173 g/mol. The molecule has 0 radical (unpaired) electrons. The third-order valence-corrected chi connectivity index (χ3v) is 3.47. The van der Waals surface area contributed by atoms with Gasteiger partial charge in [-0.1, -0.05) is 13.8 Å². The molecule has 0 saturated carbocycles. The van der Waals surface area contributed by atoms with Gasteiger partial charge in [0, 0.05) is 11.8 Å². The van der Waals surface area contributed by atoms with Gasteiger partial charge in [-0.15, -0.1) is 0 Å². The van der Waals surface area contributed by atoms with Crippen molar-refractivity contribution in [1.29, 1.82) is 0 Å². The van der Waals surface area contributed by atoms with Crippen LogP contribution in [0.1, 0.15) is 26.7 Å². The van der Waals surface area contributed by atoms with Crippen LogP contribution in [0, 0.1) is 5.92 Å². The van der Waals surface area contributed by atoms with E-state index in [9.17, 15) is 0 Å². The standard InChI is InChI=1S/C9H19NS/c1-8(2)6-11-7-9-4-3-5-10-9/h8-10H,3-7H2,1-2H3. The molecular formula is C9H19NS. The van der Waals surface area contributed by atoms with Crippen molar-refractivity contribution in [3.05, 3.63) is 0 Å². The molecule has 0 aromatic heterocycles. The highest BCUT2D eigenvalue weighted by Crippen LogP contribution is 2.14. The third-order valence-electron chi connectivity index (χ3n) is 1.93. The molecule has 1 nitrogen and oxygen atoms in total. The lowest BCUT2D eigenvalue weighted by Crippen LogP contribution is -2.23. The van der Waals surface area contributed by atoms with E-state index in [1.165, 1.54) is 30.9 Å². The van der Waals surface area contributed by atoms with Crippen LogP contribution < -0.4 is 5.32 Å². The van der Waals surface area contributed by atoms with E-state index in [-0.39, 0.29) is 0 Å². The lowest BCUT2D eigenvalue weighted by molar-refractivity contribution is 0.671. The zero-order valence-electron chi connectivity index (χ0n) is 7.60. The van der Waals surface area contributed by atoms with Crippen molar-refractivity contribution in [3.63, 3.8) is 0 Å². The number of thioether (sulfide) groups is 1. The largest absolute Gasteiger partial charge is 0.313 e. The van der Waals surface area contributed by atoms with E-state index in [2.05, 4.69) is 30.9 Å². The molecule has 1 saturated heterocycles. The summed E-state index contributed by atoms with van der Waals surface area (Å²) >= 11 is 2.10. The molecule has 1 aliphatic heterocycles. The predicted octanol–water partition coefficient (Wildman–Crippen LogP) is 2.13. The lowest BCUT2D eigenvalue weighted by Gasteiger charge is -2.10. The molecule has 0 aliphatic carbocycles. The van der Waals surface area contributed by atoms with Crippen molar-refractivity contribution in [2.24, 2.45) is 5.92 Å². The van der Waals surface area contributed by atoms with Crippen molar-refractivity contribution in [1.82, 2.24) is 5.32 Å². The van der Waals surface area contributed by atoms with Gasteiger partial charge in [-0.05, 0) is 31.1 Å². The normalized spacial score (nSPS) is 24.8. The maximum atomic E-state index is 3.51. The molecule has 0 amide bonds. The summed E-state index contributed by atoms with van der Waals surface area (Å²) in [4.78, 5) is 0. The molecule has 1 unspecified atom stereocenters. The molecule has 0 bridgehead atoms. The zero-order valence-corrected chi connectivity index (χ0v) is 8.41. The summed E-state index contributed by atoms with van der Waals surface area (Å²) in [6.07, 6.45) is 2.78. The first-order chi connectivity index (χ1) is 5.29. The van der Waals surface area contributed by atoms with E-state index >= 15 is 0 Å². The molecular weight excluding hydrogens is 154 g/mol. The Kier molecular flexibility index (Phi) is 4.31. The van der Waals surface area contributed by atoms with Crippen LogP contribution in [0.4, 0.5) is 0 Å².